The summed E-state index contributed by atoms with van der Waals surface area (Å²) >= 11 is 5.94. The standard InChI is InChI=1S/C23H23ClN2O2/c1-16(7-8-17-5-3-2-4-6-17)25-22(27)23(13-14-23)21-15-20(28-26-21)18-9-11-19(24)12-10-18/h2-6,9-12,15-16H,7-8,13-14H2,1H3,(H,25,27). The third kappa shape index (κ3) is 3.97. The molecule has 1 aliphatic carbocycles. The van der Waals surface area contributed by atoms with Crippen LogP contribution in [-0.2, 0) is 16.6 Å². The van der Waals surface area contributed by atoms with Gasteiger partial charge in [-0.15, -0.1) is 0 Å². The Morgan fingerprint density at radius 2 is 1.89 bits per heavy atom. The first-order valence-corrected chi connectivity index (χ1v) is 10.0. The zero-order valence-corrected chi connectivity index (χ0v) is 16.6. The van der Waals surface area contributed by atoms with Crippen LogP contribution in [0.3, 0.4) is 0 Å². The Kier molecular flexibility index (Phi) is 5.23. The topological polar surface area (TPSA) is 55.1 Å². The number of carbonyl (C=O) groups excluding carboxylic acids is 1. The number of nitrogens with one attached hydrogen (secondary N) is 1. The molecule has 1 unspecified atom stereocenters. The van der Waals surface area contributed by atoms with E-state index < -0.39 is 5.41 Å². The quantitative estimate of drug-likeness (QED) is 0.601. The van der Waals surface area contributed by atoms with Crippen molar-refractivity contribution in [2.75, 3.05) is 0 Å². The average molecular weight is 395 g/mol. The van der Waals surface area contributed by atoms with Gasteiger partial charge in [0.2, 0.25) is 5.91 Å². The first kappa shape index (κ1) is 18.8. The molecule has 5 heteroatoms. The Morgan fingerprint density at radius 3 is 2.57 bits per heavy atom. The second kappa shape index (κ2) is 7.80. The molecule has 0 bridgehead atoms. The normalized spacial score (nSPS) is 15.8. The van der Waals surface area contributed by atoms with Crippen LogP contribution >= 0.6 is 11.6 Å². The van der Waals surface area contributed by atoms with E-state index in [1.807, 2.05) is 48.5 Å². The number of amides is 1. The fraction of sp³-hybridized carbons (Fsp3) is 0.304. The summed E-state index contributed by atoms with van der Waals surface area (Å²) in [7, 11) is 0. The van der Waals surface area contributed by atoms with Crippen LogP contribution in [0, 0.1) is 0 Å². The zero-order chi connectivity index (χ0) is 19.6. The average Bonchev–Trinajstić information content (AvgIpc) is 3.38. The molecule has 0 aliphatic heterocycles. The van der Waals surface area contributed by atoms with Gasteiger partial charge in [0.05, 0.1) is 11.1 Å². The summed E-state index contributed by atoms with van der Waals surface area (Å²) in [6.07, 6.45) is 3.45. The molecular formula is C23H23ClN2O2. The number of rotatable bonds is 7. The molecule has 1 fully saturated rings. The molecule has 28 heavy (non-hydrogen) atoms. The van der Waals surface area contributed by atoms with Crippen LogP contribution in [0.4, 0.5) is 0 Å². The number of hydrogen-bond acceptors (Lipinski definition) is 3. The highest BCUT2D eigenvalue weighted by atomic mass is 35.5. The van der Waals surface area contributed by atoms with Gasteiger partial charge in [-0.1, -0.05) is 47.1 Å². The largest absolute Gasteiger partial charge is 0.356 e. The van der Waals surface area contributed by atoms with Gasteiger partial charge in [0.1, 0.15) is 0 Å². The molecule has 4 rings (SSSR count). The minimum absolute atomic E-state index is 0.0454. The van der Waals surface area contributed by atoms with Crippen molar-refractivity contribution in [3.8, 4) is 11.3 Å². The van der Waals surface area contributed by atoms with Crippen molar-refractivity contribution in [3.63, 3.8) is 0 Å². The van der Waals surface area contributed by atoms with Crippen LogP contribution in [0.15, 0.2) is 65.2 Å². The van der Waals surface area contributed by atoms with E-state index in [0.717, 1.165) is 31.2 Å². The van der Waals surface area contributed by atoms with Crippen molar-refractivity contribution in [3.05, 3.63) is 76.9 Å². The number of carbonyl (C=O) groups is 1. The monoisotopic (exact) mass is 394 g/mol. The lowest BCUT2D eigenvalue weighted by Crippen LogP contribution is -2.40. The summed E-state index contributed by atoms with van der Waals surface area (Å²) in [4.78, 5) is 12.9. The Labute approximate surface area is 169 Å². The summed E-state index contributed by atoms with van der Waals surface area (Å²) in [5.74, 6) is 0.701. The number of nitrogens with zero attached hydrogens (tertiary/aromatic N) is 1. The van der Waals surface area contributed by atoms with Gasteiger partial charge in [-0.2, -0.15) is 0 Å². The molecule has 1 heterocycles. The smallest absolute Gasteiger partial charge is 0.232 e. The van der Waals surface area contributed by atoms with E-state index in [1.165, 1.54) is 5.56 Å². The van der Waals surface area contributed by atoms with Crippen LogP contribution in [0.5, 0.6) is 0 Å². The first-order chi connectivity index (χ1) is 13.6. The van der Waals surface area contributed by atoms with E-state index in [4.69, 9.17) is 16.1 Å². The lowest BCUT2D eigenvalue weighted by molar-refractivity contribution is -0.124. The highest BCUT2D eigenvalue weighted by Crippen LogP contribution is 2.48. The van der Waals surface area contributed by atoms with Gasteiger partial charge in [0.15, 0.2) is 5.76 Å². The number of aryl methyl sites for hydroxylation is 1. The zero-order valence-electron chi connectivity index (χ0n) is 15.8. The van der Waals surface area contributed by atoms with E-state index >= 15 is 0 Å². The van der Waals surface area contributed by atoms with Gasteiger partial charge >= 0.3 is 0 Å². The van der Waals surface area contributed by atoms with Gasteiger partial charge < -0.3 is 9.84 Å². The fourth-order valence-electron chi connectivity index (χ4n) is 3.44. The van der Waals surface area contributed by atoms with Crippen molar-refractivity contribution in [1.29, 1.82) is 0 Å². The van der Waals surface area contributed by atoms with E-state index in [-0.39, 0.29) is 11.9 Å². The Morgan fingerprint density at radius 1 is 1.18 bits per heavy atom. The van der Waals surface area contributed by atoms with E-state index in [1.54, 1.807) is 0 Å². The summed E-state index contributed by atoms with van der Waals surface area (Å²) in [6.45, 7) is 2.05. The number of hydrogen-bond donors (Lipinski definition) is 1. The maximum atomic E-state index is 12.9. The fourth-order valence-corrected chi connectivity index (χ4v) is 3.56. The van der Waals surface area contributed by atoms with Crippen molar-refractivity contribution in [2.24, 2.45) is 0 Å². The molecular weight excluding hydrogens is 372 g/mol. The third-order valence-electron chi connectivity index (χ3n) is 5.40. The van der Waals surface area contributed by atoms with E-state index in [2.05, 4.69) is 29.5 Å². The lowest BCUT2D eigenvalue weighted by Gasteiger charge is -2.18. The molecule has 0 radical (unpaired) electrons. The molecule has 1 atom stereocenters. The highest BCUT2D eigenvalue weighted by Gasteiger charge is 2.54. The van der Waals surface area contributed by atoms with Crippen LogP contribution in [-0.4, -0.2) is 17.1 Å². The van der Waals surface area contributed by atoms with Crippen LogP contribution in [0.1, 0.15) is 37.4 Å². The third-order valence-corrected chi connectivity index (χ3v) is 5.65. The van der Waals surface area contributed by atoms with Gasteiger partial charge in [-0.05, 0) is 62.4 Å². The lowest BCUT2D eigenvalue weighted by atomic mass is 9.99. The molecule has 1 aromatic heterocycles. The summed E-state index contributed by atoms with van der Waals surface area (Å²) in [6, 6.07) is 19.7. The van der Waals surface area contributed by atoms with Crippen molar-refractivity contribution in [2.45, 2.75) is 44.1 Å². The summed E-state index contributed by atoms with van der Waals surface area (Å²) in [5, 5.41) is 8.04. The summed E-state index contributed by atoms with van der Waals surface area (Å²) < 4.78 is 5.50. The van der Waals surface area contributed by atoms with Crippen molar-refractivity contribution >= 4 is 17.5 Å². The van der Waals surface area contributed by atoms with Crippen LogP contribution in [0.2, 0.25) is 5.02 Å². The highest BCUT2D eigenvalue weighted by molar-refractivity contribution is 6.30. The second-order valence-electron chi connectivity index (χ2n) is 7.56. The Bertz CT molecular complexity index is 946. The van der Waals surface area contributed by atoms with E-state index in [9.17, 15) is 4.79 Å². The van der Waals surface area contributed by atoms with Gasteiger partial charge in [-0.25, -0.2) is 0 Å². The Balaban J connectivity index is 1.39. The molecule has 0 spiro atoms. The van der Waals surface area contributed by atoms with Crippen LogP contribution in [0.25, 0.3) is 11.3 Å². The number of halogens is 1. The minimum Gasteiger partial charge on any atom is -0.356 e. The predicted octanol–water partition coefficient (Wildman–Crippen LogP) is 5.16. The molecule has 0 saturated heterocycles. The minimum atomic E-state index is -0.546. The molecule has 4 nitrogen and oxygen atoms in total. The van der Waals surface area contributed by atoms with Crippen molar-refractivity contribution < 1.29 is 9.32 Å². The maximum Gasteiger partial charge on any atom is 0.232 e. The van der Waals surface area contributed by atoms with Crippen LogP contribution < -0.4 is 5.32 Å². The number of benzene rings is 2. The molecule has 2 aromatic carbocycles. The molecule has 3 aromatic rings. The van der Waals surface area contributed by atoms with E-state index in [0.29, 0.717) is 16.5 Å². The van der Waals surface area contributed by atoms with Gasteiger partial charge in [-0.3, -0.25) is 4.79 Å². The molecule has 1 saturated carbocycles. The van der Waals surface area contributed by atoms with Gasteiger partial charge in [0.25, 0.3) is 0 Å². The molecule has 1 aliphatic rings. The molecule has 144 valence electrons. The van der Waals surface area contributed by atoms with Gasteiger partial charge in [0, 0.05) is 22.7 Å². The van der Waals surface area contributed by atoms with Crippen molar-refractivity contribution in [1.82, 2.24) is 10.5 Å². The predicted molar refractivity (Wildman–Crippen MR) is 110 cm³/mol. The first-order valence-electron chi connectivity index (χ1n) is 9.65. The Hall–Kier alpha value is -2.59. The maximum absolute atomic E-state index is 12.9. The molecule has 1 N–H and O–H groups in total. The second-order valence-corrected chi connectivity index (χ2v) is 8.00. The SMILES string of the molecule is CC(CCc1ccccc1)NC(=O)C1(c2cc(-c3ccc(Cl)cc3)on2)CC1. The summed E-state index contributed by atoms with van der Waals surface area (Å²) in [5.41, 5.74) is 2.35. The molecule has 1 amide bonds. The number of aromatic nitrogens is 1.